The zero-order chi connectivity index (χ0) is 18.4. The van der Waals surface area contributed by atoms with Crippen LogP contribution >= 0.6 is 0 Å². The van der Waals surface area contributed by atoms with Crippen LogP contribution in [0.15, 0.2) is 29.3 Å². The average Bonchev–Trinajstić information content (AvgIpc) is 2.62. The van der Waals surface area contributed by atoms with E-state index in [1.807, 2.05) is 44.9 Å². The Bertz CT molecular complexity index is 770. The number of aryl methyl sites for hydroxylation is 1. The third-order valence-electron chi connectivity index (χ3n) is 4.08. The first-order valence-electron chi connectivity index (χ1n) is 8.23. The van der Waals surface area contributed by atoms with Gasteiger partial charge in [-0.25, -0.2) is 9.79 Å². The van der Waals surface area contributed by atoms with Gasteiger partial charge < -0.3 is 9.64 Å². The second-order valence-electron chi connectivity index (χ2n) is 5.94. The van der Waals surface area contributed by atoms with Crippen LogP contribution in [0, 0.1) is 20.8 Å². The summed E-state index contributed by atoms with van der Waals surface area (Å²) in [5.41, 5.74) is 4.67. The number of benzene rings is 1. The maximum absolute atomic E-state index is 12.4. The molecule has 0 aliphatic heterocycles. The van der Waals surface area contributed by atoms with Crippen molar-refractivity contribution in [3.63, 3.8) is 0 Å². The fourth-order valence-corrected chi connectivity index (χ4v) is 2.13. The molecule has 0 aliphatic rings. The molecule has 0 N–H and O–H groups in total. The Hall–Kier alpha value is -2.76. The molecule has 0 amide bonds. The summed E-state index contributed by atoms with van der Waals surface area (Å²) < 4.78 is 5.36. The lowest BCUT2D eigenvalue weighted by Gasteiger charge is -2.12. The van der Waals surface area contributed by atoms with Crippen molar-refractivity contribution in [3.8, 4) is 0 Å². The fourth-order valence-electron chi connectivity index (χ4n) is 2.13. The number of hydrogen-bond donors (Lipinski definition) is 0. The standard InChI is InChI=1S/C19H24N4O2/c1-6-23(5)12-20-18-10-9-17(14(3)15(18)4)19(24)25-11-16-8-7-13(2)21-22-16/h7-10,12H,6,11H2,1-5H3/b20-12+. The molecule has 6 heteroatoms. The van der Waals surface area contributed by atoms with E-state index in [9.17, 15) is 4.79 Å². The average molecular weight is 340 g/mol. The number of carbonyl (C=O) groups excluding carboxylic acids is 1. The number of aromatic nitrogens is 2. The summed E-state index contributed by atoms with van der Waals surface area (Å²) in [4.78, 5) is 18.8. The Morgan fingerprint density at radius 1 is 1.16 bits per heavy atom. The molecule has 2 aromatic rings. The summed E-state index contributed by atoms with van der Waals surface area (Å²) in [6, 6.07) is 7.23. The third-order valence-corrected chi connectivity index (χ3v) is 4.08. The number of ether oxygens (including phenoxy) is 1. The zero-order valence-electron chi connectivity index (χ0n) is 15.4. The maximum atomic E-state index is 12.4. The molecule has 0 unspecified atom stereocenters. The van der Waals surface area contributed by atoms with Crippen LogP contribution in [0.1, 0.15) is 39.8 Å². The van der Waals surface area contributed by atoms with Gasteiger partial charge in [-0.3, -0.25) is 0 Å². The number of rotatable bonds is 6. The minimum absolute atomic E-state index is 0.103. The quantitative estimate of drug-likeness (QED) is 0.458. The predicted molar refractivity (Wildman–Crippen MR) is 98.3 cm³/mol. The smallest absolute Gasteiger partial charge is 0.338 e. The molecule has 0 saturated heterocycles. The van der Waals surface area contributed by atoms with Gasteiger partial charge in [-0.2, -0.15) is 10.2 Å². The van der Waals surface area contributed by atoms with Crippen molar-refractivity contribution >= 4 is 18.0 Å². The van der Waals surface area contributed by atoms with E-state index in [0.717, 1.165) is 29.1 Å². The van der Waals surface area contributed by atoms with E-state index in [1.165, 1.54) is 0 Å². The molecule has 0 fully saturated rings. The molecule has 0 atom stereocenters. The van der Waals surface area contributed by atoms with E-state index in [2.05, 4.69) is 22.1 Å². The summed E-state index contributed by atoms with van der Waals surface area (Å²) in [6.45, 7) is 8.76. The Morgan fingerprint density at radius 2 is 1.92 bits per heavy atom. The first-order chi connectivity index (χ1) is 11.9. The fraction of sp³-hybridized carbons (Fsp3) is 0.368. The lowest BCUT2D eigenvalue weighted by atomic mass is 10.0. The van der Waals surface area contributed by atoms with Crippen LogP contribution < -0.4 is 0 Å². The summed E-state index contributed by atoms with van der Waals surface area (Å²) in [5.74, 6) is -0.371. The number of aliphatic imine (C=N–C) groups is 1. The predicted octanol–water partition coefficient (Wildman–Crippen LogP) is 3.37. The zero-order valence-corrected chi connectivity index (χ0v) is 15.4. The molecule has 0 radical (unpaired) electrons. The van der Waals surface area contributed by atoms with E-state index < -0.39 is 0 Å². The number of carbonyl (C=O) groups is 1. The van der Waals surface area contributed by atoms with E-state index in [0.29, 0.717) is 11.3 Å². The molecule has 132 valence electrons. The highest BCUT2D eigenvalue weighted by molar-refractivity contribution is 5.92. The molecule has 6 nitrogen and oxygen atoms in total. The SMILES string of the molecule is CCN(C)/C=N/c1ccc(C(=O)OCc2ccc(C)nn2)c(C)c1C. The topological polar surface area (TPSA) is 67.7 Å². The molecule has 1 aromatic heterocycles. The molecular weight excluding hydrogens is 316 g/mol. The van der Waals surface area contributed by atoms with Gasteiger partial charge in [-0.15, -0.1) is 0 Å². The summed E-state index contributed by atoms with van der Waals surface area (Å²) >= 11 is 0. The minimum atomic E-state index is -0.371. The maximum Gasteiger partial charge on any atom is 0.338 e. The van der Waals surface area contributed by atoms with Crippen molar-refractivity contribution in [2.24, 2.45) is 4.99 Å². The van der Waals surface area contributed by atoms with Gasteiger partial charge >= 0.3 is 5.97 Å². The highest BCUT2D eigenvalue weighted by atomic mass is 16.5. The van der Waals surface area contributed by atoms with Gasteiger partial charge in [0.15, 0.2) is 0 Å². The third kappa shape index (κ3) is 4.86. The van der Waals surface area contributed by atoms with Crippen LogP contribution in [0.5, 0.6) is 0 Å². The number of esters is 1. The monoisotopic (exact) mass is 340 g/mol. The van der Waals surface area contributed by atoms with Crippen molar-refractivity contribution in [2.75, 3.05) is 13.6 Å². The van der Waals surface area contributed by atoms with Crippen LogP contribution in [0.3, 0.4) is 0 Å². The lowest BCUT2D eigenvalue weighted by Crippen LogP contribution is -2.14. The highest BCUT2D eigenvalue weighted by Gasteiger charge is 2.14. The number of nitrogens with zero attached hydrogens (tertiary/aromatic N) is 4. The van der Waals surface area contributed by atoms with Gasteiger partial charge in [0, 0.05) is 13.6 Å². The first kappa shape index (κ1) is 18.6. The molecule has 0 saturated carbocycles. The molecule has 25 heavy (non-hydrogen) atoms. The molecule has 0 bridgehead atoms. The second kappa shape index (κ2) is 8.37. The Balaban J connectivity index is 2.10. The van der Waals surface area contributed by atoms with Crippen molar-refractivity contribution in [1.82, 2.24) is 15.1 Å². The summed E-state index contributed by atoms with van der Waals surface area (Å²) in [5, 5.41) is 7.95. The van der Waals surface area contributed by atoms with E-state index in [4.69, 9.17) is 4.74 Å². The van der Waals surface area contributed by atoms with Gasteiger partial charge in [-0.1, -0.05) is 0 Å². The van der Waals surface area contributed by atoms with Crippen molar-refractivity contribution in [2.45, 2.75) is 34.3 Å². The van der Waals surface area contributed by atoms with Crippen LogP contribution in [-0.2, 0) is 11.3 Å². The van der Waals surface area contributed by atoms with Crippen LogP contribution in [0.25, 0.3) is 0 Å². The summed E-state index contributed by atoms with van der Waals surface area (Å²) in [6.07, 6.45) is 1.79. The van der Waals surface area contributed by atoms with Gasteiger partial charge in [-0.05, 0) is 63.1 Å². The van der Waals surface area contributed by atoms with Crippen molar-refractivity contribution in [1.29, 1.82) is 0 Å². The number of hydrogen-bond acceptors (Lipinski definition) is 5. The Morgan fingerprint density at radius 3 is 2.56 bits per heavy atom. The van der Waals surface area contributed by atoms with Crippen LogP contribution in [0.4, 0.5) is 5.69 Å². The van der Waals surface area contributed by atoms with E-state index in [1.54, 1.807) is 18.5 Å². The summed E-state index contributed by atoms with van der Waals surface area (Å²) in [7, 11) is 1.96. The largest absolute Gasteiger partial charge is 0.455 e. The normalized spacial score (nSPS) is 10.9. The molecule has 1 aromatic carbocycles. The van der Waals surface area contributed by atoms with E-state index >= 15 is 0 Å². The second-order valence-corrected chi connectivity index (χ2v) is 5.94. The van der Waals surface area contributed by atoms with Gasteiger partial charge in [0.25, 0.3) is 0 Å². The van der Waals surface area contributed by atoms with Gasteiger partial charge in [0.2, 0.25) is 0 Å². The Kier molecular flexibility index (Phi) is 6.22. The lowest BCUT2D eigenvalue weighted by molar-refractivity contribution is 0.0466. The Labute approximate surface area is 148 Å². The van der Waals surface area contributed by atoms with Gasteiger partial charge in [0.1, 0.15) is 12.3 Å². The molecule has 0 aliphatic carbocycles. The van der Waals surface area contributed by atoms with Crippen molar-refractivity contribution < 1.29 is 9.53 Å². The molecular formula is C19H24N4O2. The first-order valence-corrected chi connectivity index (χ1v) is 8.23. The van der Waals surface area contributed by atoms with Crippen molar-refractivity contribution in [3.05, 3.63) is 52.3 Å². The van der Waals surface area contributed by atoms with E-state index in [-0.39, 0.29) is 12.6 Å². The molecule has 0 spiro atoms. The minimum Gasteiger partial charge on any atom is -0.455 e. The van der Waals surface area contributed by atoms with Crippen LogP contribution in [0.2, 0.25) is 0 Å². The van der Waals surface area contributed by atoms with Crippen LogP contribution in [-0.4, -0.2) is 41.0 Å². The molecule has 2 rings (SSSR count). The van der Waals surface area contributed by atoms with Gasteiger partial charge in [0.05, 0.1) is 23.3 Å². The highest BCUT2D eigenvalue weighted by Crippen LogP contribution is 2.25. The molecule has 1 heterocycles.